The molecule has 0 aromatic rings. The fraction of sp³-hybridized carbons (Fsp3) is 0.929. The van der Waals surface area contributed by atoms with Crippen LogP contribution < -0.4 is 10.6 Å². The standard InChI is InChI=1S/C14H28N2O/c1-3-5-8-12(4-2)11-16-14(17)13-9-6-7-10-15-13/h12-13,15H,3-11H2,1-2H3,(H,16,17)/t12?,13-/m1/s1. The lowest BCUT2D eigenvalue weighted by Crippen LogP contribution is -2.47. The zero-order chi connectivity index (χ0) is 12.5. The molecule has 0 saturated carbocycles. The second-order valence-electron chi connectivity index (χ2n) is 5.16. The highest BCUT2D eigenvalue weighted by Crippen LogP contribution is 2.12. The molecule has 0 aromatic carbocycles. The average Bonchev–Trinajstić information content (AvgIpc) is 2.39. The molecule has 100 valence electrons. The van der Waals surface area contributed by atoms with Gasteiger partial charge < -0.3 is 10.6 Å². The SMILES string of the molecule is CCCCC(CC)CNC(=O)[C@H]1CCCCN1. The predicted molar refractivity (Wildman–Crippen MR) is 72.0 cm³/mol. The molecular formula is C14H28N2O. The number of hydrogen-bond donors (Lipinski definition) is 2. The molecule has 3 heteroatoms. The highest BCUT2D eigenvalue weighted by atomic mass is 16.2. The summed E-state index contributed by atoms with van der Waals surface area (Å²) in [6.07, 6.45) is 8.31. The van der Waals surface area contributed by atoms with Crippen molar-refractivity contribution in [3.05, 3.63) is 0 Å². The van der Waals surface area contributed by atoms with Crippen molar-refractivity contribution in [1.29, 1.82) is 0 Å². The van der Waals surface area contributed by atoms with Gasteiger partial charge in [-0.25, -0.2) is 0 Å². The number of hydrogen-bond acceptors (Lipinski definition) is 2. The Balaban J connectivity index is 2.20. The van der Waals surface area contributed by atoms with Crippen molar-refractivity contribution in [2.75, 3.05) is 13.1 Å². The zero-order valence-electron chi connectivity index (χ0n) is 11.4. The van der Waals surface area contributed by atoms with E-state index in [1.807, 2.05) is 0 Å². The van der Waals surface area contributed by atoms with Crippen molar-refractivity contribution in [3.63, 3.8) is 0 Å². The maximum absolute atomic E-state index is 11.9. The van der Waals surface area contributed by atoms with Crippen LogP contribution in [-0.2, 0) is 4.79 Å². The quantitative estimate of drug-likeness (QED) is 0.718. The molecule has 1 amide bonds. The van der Waals surface area contributed by atoms with Gasteiger partial charge in [0, 0.05) is 6.54 Å². The van der Waals surface area contributed by atoms with E-state index in [2.05, 4.69) is 24.5 Å². The third-order valence-electron chi connectivity index (χ3n) is 3.74. The molecule has 17 heavy (non-hydrogen) atoms. The van der Waals surface area contributed by atoms with Crippen LogP contribution in [0.4, 0.5) is 0 Å². The number of rotatable bonds is 7. The van der Waals surface area contributed by atoms with Crippen LogP contribution in [0.25, 0.3) is 0 Å². The van der Waals surface area contributed by atoms with Crippen molar-refractivity contribution >= 4 is 5.91 Å². The van der Waals surface area contributed by atoms with Crippen LogP contribution in [0.2, 0.25) is 0 Å². The van der Waals surface area contributed by atoms with Crippen LogP contribution in [0.5, 0.6) is 0 Å². The smallest absolute Gasteiger partial charge is 0.237 e. The minimum absolute atomic E-state index is 0.0624. The Kier molecular flexibility index (Phi) is 7.25. The molecule has 1 saturated heterocycles. The van der Waals surface area contributed by atoms with Gasteiger partial charge in [-0.15, -0.1) is 0 Å². The summed E-state index contributed by atoms with van der Waals surface area (Å²) in [6, 6.07) is 0.0624. The third-order valence-corrected chi connectivity index (χ3v) is 3.74. The molecule has 1 heterocycles. The fourth-order valence-corrected chi connectivity index (χ4v) is 2.39. The maximum Gasteiger partial charge on any atom is 0.237 e. The lowest BCUT2D eigenvalue weighted by atomic mass is 9.99. The molecule has 3 nitrogen and oxygen atoms in total. The van der Waals surface area contributed by atoms with Crippen molar-refractivity contribution in [2.45, 2.75) is 64.8 Å². The number of carbonyl (C=O) groups excluding carboxylic acids is 1. The first kappa shape index (κ1) is 14.5. The molecule has 0 aliphatic carbocycles. The molecule has 1 rings (SSSR count). The van der Waals surface area contributed by atoms with Crippen LogP contribution in [0.15, 0.2) is 0 Å². The maximum atomic E-state index is 11.9. The molecule has 1 fully saturated rings. The van der Waals surface area contributed by atoms with Crippen LogP contribution in [0.1, 0.15) is 58.8 Å². The fourth-order valence-electron chi connectivity index (χ4n) is 2.39. The topological polar surface area (TPSA) is 41.1 Å². The van der Waals surface area contributed by atoms with E-state index >= 15 is 0 Å². The highest BCUT2D eigenvalue weighted by Gasteiger charge is 2.20. The molecule has 2 N–H and O–H groups in total. The number of carbonyl (C=O) groups is 1. The second kappa shape index (κ2) is 8.51. The van der Waals surface area contributed by atoms with E-state index in [9.17, 15) is 4.79 Å². The molecule has 2 atom stereocenters. The largest absolute Gasteiger partial charge is 0.354 e. The van der Waals surface area contributed by atoms with Gasteiger partial charge in [0.05, 0.1) is 6.04 Å². The number of piperidine rings is 1. The van der Waals surface area contributed by atoms with Gasteiger partial charge in [0.1, 0.15) is 0 Å². The molecule has 1 unspecified atom stereocenters. The Hall–Kier alpha value is -0.570. The first-order valence-electron chi connectivity index (χ1n) is 7.29. The Morgan fingerprint density at radius 2 is 2.24 bits per heavy atom. The van der Waals surface area contributed by atoms with Gasteiger partial charge in [-0.1, -0.05) is 39.5 Å². The molecular weight excluding hydrogens is 212 g/mol. The van der Waals surface area contributed by atoms with Gasteiger partial charge in [-0.2, -0.15) is 0 Å². The molecule has 1 aliphatic rings. The minimum atomic E-state index is 0.0624. The van der Waals surface area contributed by atoms with Crippen molar-refractivity contribution in [2.24, 2.45) is 5.92 Å². The van der Waals surface area contributed by atoms with Crippen LogP contribution >= 0.6 is 0 Å². The van der Waals surface area contributed by atoms with E-state index in [-0.39, 0.29) is 11.9 Å². The second-order valence-corrected chi connectivity index (χ2v) is 5.16. The van der Waals surface area contributed by atoms with E-state index in [0.717, 1.165) is 19.5 Å². The van der Waals surface area contributed by atoms with E-state index in [4.69, 9.17) is 0 Å². The summed E-state index contributed by atoms with van der Waals surface area (Å²) in [5, 5.41) is 6.40. The Bertz CT molecular complexity index is 212. The molecule has 0 spiro atoms. The molecule has 0 bridgehead atoms. The van der Waals surface area contributed by atoms with Crippen LogP contribution in [0, 0.1) is 5.92 Å². The van der Waals surface area contributed by atoms with Gasteiger partial charge in [-0.05, 0) is 31.7 Å². The van der Waals surface area contributed by atoms with Crippen molar-refractivity contribution in [1.82, 2.24) is 10.6 Å². The predicted octanol–water partition coefficient (Wildman–Crippen LogP) is 2.46. The Labute approximate surface area is 106 Å². The van der Waals surface area contributed by atoms with E-state index in [0.29, 0.717) is 5.92 Å². The van der Waals surface area contributed by atoms with E-state index in [1.165, 1.54) is 38.5 Å². The average molecular weight is 240 g/mol. The number of unbranched alkanes of at least 4 members (excludes halogenated alkanes) is 1. The monoisotopic (exact) mass is 240 g/mol. The molecule has 0 aromatic heterocycles. The summed E-state index contributed by atoms with van der Waals surface area (Å²) in [7, 11) is 0. The van der Waals surface area contributed by atoms with Gasteiger partial charge >= 0.3 is 0 Å². The Morgan fingerprint density at radius 1 is 1.41 bits per heavy atom. The summed E-state index contributed by atoms with van der Waals surface area (Å²) in [6.45, 7) is 6.28. The summed E-state index contributed by atoms with van der Waals surface area (Å²) >= 11 is 0. The van der Waals surface area contributed by atoms with E-state index < -0.39 is 0 Å². The minimum Gasteiger partial charge on any atom is -0.354 e. The first-order chi connectivity index (χ1) is 8.27. The van der Waals surface area contributed by atoms with Crippen molar-refractivity contribution < 1.29 is 4.79 Å². The highest BCUT2D eigenvalue weighted by molar-refractivity contribution is 5.81. The first-order valence-corrected chi connectivity index (χ1v) is 7.29. The summed E-state index contributed by atoms with van der Waals surface area (Å²) in [5.41, 5.74) is 0. The number of nitrogens with one attached hydrogen (secondary N) is 2. The van der Waals surface area contributed by atoms with Crippen molar-refractivity contribution in [3.8, 4) is 0 Å². The lowest BCUT2D eigenvalue weighted by molar-refractivity contribution is -0.123. The Morgan fingerprint density at radius 3 is 2.82 bits per heavy atom. The zero-order valence-corrected chi connectivity index (χ0v) is 11.4. The summed E-state index contributed by atoms with van der Waals surface area (Å²) in [5.74, 6) is 0.863. The normalized spacial score (nSPS) is 22.1. The summed E-state index contributed by atoms with van der Waals surface area (Å²) in [4.78, 5) is 11.9. The third kappa shape index (κ3) is 5.53. The van der Waals surface area contributed by atoms with Crippen LogP contribution in [0.3, 0.4) is 0 Å². The lowest BCUT2D eigenvalue weighted by Gasteiger charge is -2.24. The van der Waals surface area contributed by atoms with Gasteiger partial charge in [0.25, 0.3) is 0 Å². The van der Waals surface area contributed by atoms with Gasteiger partial charge in [-0.3, -0.25) is 4.79 Å². The summed E-state index contributed by atoms with van der Waals surface area (Å²) < 4.78 is 0. The molecule has 1 aliphatic heterocycles. The van der Waals surface area contributed by atoms with Crippen LogP contribution in [-0.4, -0.2) is 25.0 Å². The van der Waals surface area contributed by atoms with E-state index in [1.54, 1.807) is 0 Å². The number of amides is 1. The molecule has 0 radical (unpaired) electrons. The van der Waals surface area contributed by atoms with Gasteiger partial charge in [0.15, 0.2) is 0 Å². The van der Waals surface area contributed by atoms with Gasteiger partial charge in [0.2, 0.25) is 5.91 Å².